The van der Waals surface area contributed by atoms with Crippen LogP contribution in [0, 0.1) is 0 Å². The molecule has 4 nitrogen and oxygen atoms in total. The number of amidine groups is 1. The minimum absolute atomic E-state index is 0.537. The fourth-order valence-electron chi connectivity index (χ4n) is 1.84. The van der Waals surface area contributed by atoms with Gasteiger partial charge in [-0.3, -0.25) is 4.99 Å². The van der Waals surface area contributed by atoms with Crippen LogP contribution < -0.4 is 15.8 Å². The van der Waals surface area contributed by atoms with Crippen molar-refractivity contribution < 1.29 is 4.74 Å². The molecule has 5 heteroatoms. The van der Waals surface area contributed by atoms with Crippen molar-refractivity contribution in [2.24, 2.45) is 10.7 Å². The Morgan fingerprint density at radius 3 is 2.59 bits per heavy atom. The molecule has 0 atom stereocenters. The first kappa shape index (κ1) is 16.2. The van der Waals surface area contributed by atoms with Gasteiger partial charge in [-0.15, -0.1) is 0 Å². The summed E-state index contributed by atoms with van der Waals surface area (Å²) in [6.45, 7) is 1.73. The summed E-state index contributed by atoms with van der Waals surface area (Å²) in [6.07, 6.45) is 0.789. The Hall–Kier alpha value is -2.20. The van der Waals surface area contributed by atoms with Crippen LogP contribution >= 0.6 is 11.6 Å². The zero-order chi connectivity index (χ0) is 15.6. The second-order valence-electron chi connectivity index (χ2n) is 4.73. The number of benzene rings is 2. The molecule has 2 rings (SSSR count). The predicted octanol–water partition coefficient (Wildman–Crippen LogP) is 3.58. The number of hydrogen-bond acceptors (Lipinski definition) is 3. The van der Waals surface area contributed by atoms with Crippen molar-refractivity contribution in [3.63, 3.8) is 0 Å². The van der Waals surface area contributed by atoms with Gasteiger partial charge in [-0.1, -0.05) is 41.9 Å². The lowest BCUT2D eigenvalue weighted by molar-refractivity contribution is 0.314. The Labute approximate surface area is 136 Å². The zero-order valence-electron chi connectivity index (χ0n) is 12.3. The molecule has 0 fully saturated rings. The molecule has 0 unspecified atom stereocenters. The van der Waals surface area contributed by atoms with Gasteiger partial charge in [0.2, 0.25) is 0 Å². The van der Waals surface area contributed by atoms with Crippen LogP contribution in [0.1, 0.15) is 6.42 Å². The summed E-state index contributed by atoms with van der Waals surface area (Å²) in [5, 5.41) is 3.84. The van der Waals surface area contributed by atoms with Gasteiger partial charge < -0.3 is 15.8 Å². The monoisotopic (exact) mass is 317 g/mol. The lowest BCUT2D eigenvalue weighted by atomic mass is 10.3. The Morgan fingerprint density at radius 1 is 1.09 bits per heavy atom. The molecule has 2 aromatic carbocycles. The van der Waals surface area contributed by atoms with Crippen molar-refractivity contribution in [1.82, 2.24) is 0 Å². The van der Waals surface area contributed by atoms with E-state index >= 15 is 0 Å². The van der Waals surface area contributed by atoms with E-state index in [1.165, 1.54) is 0 Å². The van der Waals surface area contributed by atoms with Crippen LogP contribution in [-0.4, -0.2) is 25.5 Å². The zero-order valence-corrected chi connectivity index (χ0v) is 13.1. The molecular weight excluding hydrogens is 298 g/mol. The number of nitrogens with zero attached hydrogens (tertiary/aromatic N) is 1. The Bertz CT molecular complexity index is 602. The van der Waals surface area contributed by atoms with Crippen molar-refractivity contribution in [3.8, 4) is 5.75 Å². The van der Waals surface area contributed by atoms with Crippen molar-refractivity contribution >= 4 is 23.1 Å². The molecule has 0 aliphatic heterocycles. The van der Waals surface area contributed by atoms with Crippen LogP contribution in [-0.2, 0) is 0 Å². The SMILES string of the molecule is NC(CNc1ccccc1)=NCCCOc1ccccc1Cl. The smallest absolute Gasteiger partial charge is 0.137 e. The number of nitrogens with two attached hydrogens (primary N) is 1. The number of para-hydroxylation sites is 2. The topological polar surface area (TPSA) is 59.6 Å². The summed E-state index contributed by atoms with van der Waals surface area (Å²) in [7, 11) is 0. The number of ether oxygens (including phenoxy) is 1. The molecule has 2 aromatic rings. The first-order valence-corrected chi connectivity index (χ1v) is 7.58. The third-order valence-corrected chi connectivity index (χ3v) is 3.27. The second kappa shape index (κ2) is 8.95. The van der Waals surface area contributed by atoms with E-state index in [0.29, 0.717) is 36.3 Å². The Kier molecular flexibility index (Phi) is 6.58. The summed E-state index contributed by atoms with van der Waals surface area (Å²) in [5.41, 5.74) is 6.89. The highest BCUT2D eigenvalue weighted by atomic mass is 35.5. The molecule has 0 aliphatic rings. The lowest BCUT2D eigenvalue weighted by Crippen LogP contribution is -2.23. The van der Waals surface area contributed by atoms with Gasteiger partial charge >= 0.3 is 0 Å². The van der Waals surface area contributed by atoms with Gasteiger partial charge in [0.25, 0.3) is 0 Å². The molecule has 0 radical (unpaired) electrons. The van der Waals surface area contributed by atoms with Crippen LogP contribution in [0.25, 0.3) is 0 Å². The number of nitrogens with one attached hydrogen (secondary N) is 1. The Morgan fingerprint density at radius 2 is 1.82 bits per heavy atom. The van der Waals surface area contributed by atoms with Gasteiger partial charge in [0.15, 0.2) is 0 Å². The molecule has 0 bridgehead atoms. The molecule has 0 saturated carbocycles. The molecule has 22 heavy (non-hydrogen) atoms. The van der Waals surface area contributed by atoms with E-state index in [4.69, 9.17) is 22.1 Å². The molecule has 0 saturated heterocycles. The van der Waals surface area contributed by atoms with E-state index in [9.17, 15) is 0 Å². The molecule has 0 aromatic heterocycles. The van der Waals surface area contributed by atoms with E-state index in [2.05, 4.69) is 10.3 Å². The summed E-state index contributed by atoms with van der Waals surface area (Å²) in [5.74, 6) is 1.29. The highest BCUT2D eigenvalue weighted by molar-refractivity contribution is 6.32. The van der Waals surface area contributed by atoms with Crippen LogP contribution in [0.2, 0.25) is 5.02 Å². The summed E-state index contributed by atoms with van der Waals surface area (Å²) >= 11 is 6.01. The average Bonchev–Trinajstić information content (AvgIpc) is 2.55. The maximum atomic E-state index is 6.01. The molecular formula is C17H20ClN3O. The summed E-state index contributed by atoms with van der Waals surface area (Å²) in [4.78, 5) is 4.31. The molecule has 116 valence electrons. The first-order chi connectivity index (χ1) is 10.8. The molecule has 0 heterocycles. The molecule has 3 N–H and O–H groups in total. The summed E-state index contributed by atoms with van der Waals surface area (Å²) < 4.78 is 5.59. The highest BCUT2D eigenvalue weighted by Crippen LogP contribution is 2.22. The largest absolute Gasteiger partial charge is 0.492 e. The number of halogens is 1. The third kappa shape index (κ3) is 5.66. The van der Waals surface area contributed by atoms with Gasteiger partial charge in [0, 0.05) is 18.7 Å². The second-order valence-corrected chi connectivity index (χ2v) is 5.13. The minimum atomic E-state index is 0.537. The van der Waals surface area contributed by atoms with Gasteiger partial charge in [-0.25, -0.2) is 0 Å². The van der Waals surface area contributed by atoms with Crippen LogP contribution in [0.4, 0.5) is 5.69 Å². The van der Waals surface area contributed by atoms with Crippen LogP contribution in [0.15, 0.2) is 59.6 Å². The first-order valence-electron chi connectivity index (χ1n) is 7.21. The number of hydrogen-bond donors (Lipinski definition) is 2. The van der Waals surface area contributed by atoms with Crippen LogP contribution in [0.5, 0.6) is 5.75 Å². The predicted molar refractivity (Wildman–Crippen MR) is 93.0 cm³/mol. The van der Waals surface area contributed by atoms with Gasteiger partial charge in [0.05, 0.1) is 18.2 Å². The van der Waals surface area contributed by atoms with Crippen molar-refractivity contribution in [2.75, 3.05) is 25.0 Å². The van der Waals surface area contributed by atoms with Crippen molar-refractivity contribution in [1.29, 1.82) is 0 Å². The number of rotatable bonds is 8. The lowest BCUT2D eigenvalue weighted by Gasteiger charge is -2.07. The molecule has 0 spiro atoms. The van der Waals surface area contributed by atoms with E-state index in [-0.39, 0.29) is 0 Å². The van der Waals surface area contributed by atoms with Crippen LogP contribution in [0.3, 0.4) is 0 Å². The van der Waals surface area contributed by atoms with E-state index in [1.54, 1.807) is 0 Å². The normalized spacial score (nSPS) is 11.2. The highest BCUT2D eigenvalue weighted by Gasteiger charge is 1.99. The number of aliphatic imine (C=N–C) groups is 1. The standard InChI is InChI=1S/C17H20ClN3O/c18-15-9-4-5-10-16(15)22-12-6-11-20-17(19)13-21-14-7-2-1-3-8-14/h1-5,7-10,21H,6,11-13H2,(H2,19,20). The third-order valence-electron chi connectivity index (χ3n) is 2.96. The van der Waals surface area contributed by atoms with E-state index in [1.807, 2.05) is 54.6 Å². The Balaban J connectivity index is 1.64. The molecule has 0 aliphatic carbocycles. The minimum Gasteiger partial charge on any atom is -0.492 e. The molecule has 0 amide bonds. The maximum Gasteiger partial charge on any atom is 0.137 e. The quantitative estimate of drug-likeness (QED) is 0.444. The van der Waals surface area contributed by atoms with Gasteiger partial charge in [0.1, 0.15) is 11.6 Å². The van der Waals surface area contributed by atoms with Crippen molar-refractivity contribution in [2.45, 2.75) is 6.42 Å². The average molecular weight is 318 g/mol. The van der Waals surface area contributed by atoms with Crippen molar-refractivity contribution in [3.05, 3.63) is 59.6 Å². The van der Waals surface area contributed by atoms with Gasteiger partial charge in [-0.2, -0.15) is 0 Å². The van der Waals surface area contributed by atoms with Gasteiger partial charge in [-0.05, 0) is 24.3 Å². The number of anilines is 1. The van der Waals surface area contributed by atoms with E-state index in [0.717, 1.165) is 12.1 Å². The fourth-order valence-corrected chi connectivity index (χ4v) is 2.03. The maximum absolute atomic E-state index is 6.01. The fraction of sp³-hybridized carbons (Fsp3) is 0.235. The van der Waals surface area contributed by atoms with E-state index < -0.39 is 0 Å². The summed E-state index contributed by atoms with van der Waals surface area (Å²) in [6, 6.07) is 17.3.